The number of H-pyrrole nitrogens is 1. The van der Waals surface area contributed by atoms with E-state index in [2.05, 4.69) is 25.4 Å². The zero-order chi connectivity index (χ0) is 25.9. The van der Waals surface area contributed by atoms with Crippen LogP contribution in [0.4, 0.5) is 11.5 Å². The van der Waals surface area contributed by atoms with Crippen LogP contribution in [0.3, 0.4) is 0 Å². The minimum atomic E-state index is -0.257. The summed E-state index contributed by atoms with van der Waals surface area (Å²) < 4.78 is 5.25. The van der Waals surface area contributed by atoms with E-state index in [1.54, 1.807) is 54.7 Å². The van der Waals surface area contributed by atoms with E-state index in [-0.39, 0.29) is 18.1 Å². The van der Waals surface area contributed by atoms with Crippen LogP contribution in [-0.2, 0) is 14.4 Å². The topological polar surface area (TPSA) is 122 Å². The molecule has 0 bridgehead atoms. The molecule has 1 fully saturated rings. The van der Waals surface area contributed by atoms with Crippen LogP contribution in [-0.4, -0.2) is 64.4 Å². The van der Waals surface area contributed by atoms with Gasteiger partial charge in [-0.3, -0.25) is 14.6 Å². The SMILES string of the molecule is C/C(=N\OCC(=O)N1CCOCC1)c1cc(Cl)c(Nc2nc3ccncc3c3c(=O)[nH]ccc23)c(Cl)c1. The Morgan fingerprint density at radius 3 is 2.73 bits per heavy atom. The molecule has 4 heterocycles. The number of rotatable bonds is 6. The van der Waals surface area contributed by atoms with Gasteiger partial charge >= 0.3 is 0 Å². The zero-order valence-corrected chi connectivity index (χ0v) is 21.3. The normalized spacial score (nSPS) is 14.2. The number of fused-ring (bicyclic) bond motifs is 3. The molecule has 37 heavy (non-hydrogen) atoms. The quantitative estimate of drug-likeness (QED) is 0.214. The second kappa shape index (κ2) is 10.7. The van der Waals surface area contributed by atoms with E-state index in [4.69, 9.17) is 32.8 Å². The molecule has 0 radical (unpaired) electrons. The third kappa shape index (κ3) is 5.22. The number of nitrogens with one attached hydrogen (secondary N) is 2. The predicted octanol–water partition coefficient (Wildman–Crippen LogP) is 4.12. The van der Waals surface area contributed by atoms with Crippen LogP contribution < -0.4 is 10.9 Å². The van der Waals surface area contributed by atoms with E-state index in [9.17, 15) is 9.59 Å². The van der Waals surface area contributed by atoms with Gasteiger partial charge in [0.1, 0.15) is 5.82 Å². The molecule has 12 heteroatoms. The summed E-state index contributed by atoms with van der Waals surface area (Å²) in [7, 11) is 0. The first kappa shape index (κ1) is 24.9. The van der Waals surface area contributed by atoms with E-state index >= 15 is 0 Å². The van der Waals surface area contributed by atoms with Crippen molar-refractivity contribution in [1.82, 2.24) is 19.9 Å². The number of carbonyl (C=O) groups is 1. The van der Waals surface area contributed by atoms with E-state index in [0.717, 1.165) is 0 Å². The van der Waals surface area contributed by atoms with Gasteiger partial charge in [-0.2, -0.15) is 0 Å². The minimum absolute atomic E-state index is 0.153. The highest BCUT2D eigenvalue weighted by molar-refractivity contribution is 6.40. The molecule has 1 aliphatic heterocycles. The Hall–Kier alpha value is -3.73. The minimum Gasteiger partial charge on any atom is -0.385 e. The fourth-order valence-electron chi connectivity index (χ4n) is 4.06. The number of amides is 1. The first-order valence-electron chi connectivity index (χ1n) is 11.5. The van der Waals surface area contributed by atoms with Gasteiger partial charge < -0.3 is 24.8 Å². The maximum Gasteiger partial charge on any atom is 0.263 e. The number of aromatic amines is 1. The summed E-state index contributed by atoms with van der Waals surface area (Å²) >= 11 is 13.2. The Bertz CT molecular complexity index is 1560. The van der Waals surface area contributed by atoms with E-state index < -0.39 is 0 Å². The van der Waals surface area contributed by atoms with Crippen molar-refractivity contribution in [2.24, 2.45) is 5.16 Å². The van der Waals surface area contributed by atoms with Crippen LogP contribution in [0.5, 0.6) is 0 Å². The second-order valence-corrected chi connectivity index (χ2v) is 9.15. The number of hydrogen-bond acceptors (Lipinski definition) is 8. The lowest BCUT2D eigenvalue weighted by Gasteiger charge is -2.26. The van der Waals surface area contributed by atoms with Gasteiger partial charge in [0.15, 0.2) is 6.61 Å². The van der Waals surface area contributed by atoms with Gasteiger partial charge in [-0.25, -0.2) is 4.98 Å². The molecule has 0 saturated carbocycles. The molecule has 190 valence electrons. The number of pyridine rings is 3. The molecule has 2 N–H and O–H groups in total. The van der Waals surface area contributed by atoms with E-state index in [1.165, 1.54) is 0 Å². The van der Waals surface area contributed by atoms with Gasteiger partial charge in [0, 0.05) is 48.0 Å². The molecular weight excluding hydrogens is 519 g/mol. The van der Waals surface area contributed by atoms with Crippen LogP contribution in [0.2, 0.25) is 10.0 Å². The highest BCUT2D eigenvalue weighted by Crippen LogP contribution is 2.36. The standard InChI is InChI=1S/C25H22Cl2N6O4/c1-14(32-37-13-21(34)33-6-8-36-9-7-33)15-10-18(26)23(19(27)11-15)31-24-16-2-5-29-25(35)22(16)17-12-28-4-3-20(17)30-24/h2-5,10-12H,6-9,13H2,1H3,(H,29,35)(H,30,31)/b32-14+. The molecule has 10 nitrogen and oxygen atoms in total. The van der Waals surface area contributed by atoms with Crippen molar-refractivity contribution in [1.29, 1.82) is 0 Å². The number of oxime groups is 1. The van der Waals surface area contributed by atoms with E-state index in [0.29, 0.717) is 80.8 Å². The van der Waals surface area contributed by atoms with Gasteiger partial charge in [0.2, 0.25) is 0 Å². The highest BCUT2D eigenvalue weighted by atomic mass is 35.5. The number of morpholine rings is 1. The van der Waals surface area contributed by atoms with Crippen LogP contribution in [0, 0.1) is 0 Å². The maximum absolute atomic E-state index is 12.6. The van der Waals surface area contributed by atoms with Crippen molar-refractivity contribution in [2.75, 3.05) is 38.2 Å². The fourth-order valence-corrected chi connectivity index (χ4v) is 4.64. The lowest BCUT2D eigenvalue weighted by Crippen LogP contribution is -2.42. The molecule has 1 saturated heterocycles. The molecule has 4 aromatic rings. The Morgan fingerprint density at radius 2 is 1.97 bits per heavy atom. The van der Waals surface area contributed by atoms with Crippen LogP contribution >= 0.6 is 23.2 Å². The summed E-state index contributed by atoms with van der Waals surface area (Å²) in [5.41, 5.74) is 1.88. The van der Waals surface area contributed by atoms with Gasteiger partial charge in [-0.05, 0) is 31.2 Å². The molecule has 1 aliphatic rings. The number of aromatic nitrogens is 3. The van der Waals surface area contributed by atoms with Crippen molar-refractivity contribution in [3.63, 3.8) is 0 Å². The van der Waals surface area contributed by atoms with E-state index in [1.807, 2.05) is 0 Å². The number of carbonyl (C=O) groups excluding carboxylic acids is 1. The molecule has 5 rings (SSSR count). The van der Waals surface area contributed by atoms with Crippen molar-refractivity contribution < 1.29 is 14.4 Å². The molecule has 0 spiro atoms. The van der Waals surface area contributed by atoms with Crippen molar-refractivity contribution in [3.8, 4) is 0 Å². The molecule has 0 aliphatic carbocycles. The molecule has 3 aromatic heterocycles. The number of benzene rings is 1. The molecule has 0 unspecified atom stereocenters. The summed E-state index contributed by atoms with van der Waals surface area (Å²) in [5.74, 6) is 0.270. The Morgan fingerprint density at radius 1 is 1.22 bits per heavy atom. The van der Waals surface area contributed by atoms with Crippen molar-refractivity contribution in [3.05, 3.63) is 68.8 Å². The zero-order valence-electron chi connectivity index (χ0n) is 19.8. The number of ether oxygens (including phenoxy) is 1. The first-order chi connectivity index (χ1) is 17.9. The largest absolute Gasteiger partial charge is 0.385 e. The van der Waals surface area contributed by atoms with Gasteiger partial charge in [0.05, 0.1) is 45.6 Å². The third-order valence-corrected chi connectivity index (χ3v) is 6.57. The smallest absolute Gasteiger partial charge is 0.263 e. The highest BCUT2D eigenvalue weighted by Gasteiger charge is 2.18. The predicted molar refractivity (Wildman–Crippen MR) is 143 cm³/mol. The maximum atomic E-state index is 12.6. The molecular formula is C25H22Cl2N6O4. The van der Waals surface area contributed by atoms with Crippen LogP contribution in [0.15, 0.2) is 52.8 Å². The summed E-state index contributed by atoms with van der Waals surface area (Å²) in [5, 5.41) is 9.56. The Kier molecular flexibility index (Phi) is 7.22. The summed E-state index contributed by atoms with van der Waals surface area (Å²) in [4.78, 5) is 43.3. The van der Waals surface area contributed by atoms with Crippen LogP contribution in [0.25, 0.3) is 21.7 Å². The fraction of sp³-hybridized carbons (Fsp3) is 0.240. The van der Waals surface area contributed by atoms with Crippen LogP contribution in [0.1, 0.15) is 12.5 Å². The summed E-state index contributed by atoms with van der Waals surface area (Å²) in [6.07, 6.45) is 4.77. The van der Waals surface area contributed by atoms with Gasteiger partial charge in [0.25, 0.3) is 11.5 Å². The number of halogens is 2. The summed E-state index contributed by atoms with van der Waals surface area (Å²) in [6, 6.07) is 6.84. The Balaban J connectivity index is 1.39. The average Bonchev–Trinajstić information content (AvgIpc) is 2.91. The molecule has 1 aromatic carbocycles. The number of anilines is 2. The number of nitrogens with zero attached hydrogens (tertiary/aromatic N) is 4. The monoisotopic (exact) mass is 540 g/mol. The van der Waals surface area contributed by atoms with Gasteiger partial charge in [-0.15, -0.1) is 0 Å². The molecule has 0 atom stereocenters. The van der Waals surface area contributed by atoms with Gasteiger partial charge in [-0.1, -0.05) is 28.4 Å². The average molecular weight is 541 g/mol. The number of hydrogen-bond donors (Lipinski definition) is 2. The lowest BCUT2D eigenvalue weighted by atomic mass is 10.1. The first-order valence-corrected chi connectivity index (χ1v) is 12.2. The third-order valence-electron chi connectivity index (χ3n) is 5.97. The second-order valence-electron chi connectivity index (χ2n) is 8.33. The lowest BCUT2D eigenvalue weighted by molar-refractivity contribution is -0.140. The van der Waals surface area contributed by atoms with Crippen molar-refractivity contribution >= 4 is 68.0 Å². The molecule has 1 amide bonds. The van der Waals surface area contributed by atoms with Crippen molar-refractivity contribution in [2.45, 2.75) is 6.92 Å². The Labute approximate surface area is 221 Å². The summed E-state index contributed by atoms with van der Waals surface area (Å²) in [6.45, 7) is 3.67.